The summed E-state index contributed by atoms with van der Waals surface area (Å²) < 4.78 is 1.93. The molecule has 2 unspecified atom stereocenters. The molecule has 1 aromatic heterocycles. The highest BCUT2D eigenvalue weighted by Crippen LogP contribution is 2.24. The Morgan fingerprint density at radius 3 is 3.19 bits per heavy atom. The minimum absolute atomic E-state index is 0.0337. The predicted octanol–water partition coefficient (Wildman–Crippen LogP) is -0.467. The second-order valence-corrected chi connectivity index (χ2v) is 5.07. The third-order valence-corrected chi connectivity index (χ3v) is 3.77. The van der Waals surface area contributed by atoms with Crippen molar-refractivity contribution in [1.29, 1.82) is 0 Å². The van der Waals surface area contributed by atoms with Crippen molar-refractivity contribution in [2.75, 3.05) is 12.3 Å². The Bertz CT molecular complexity index is 410. The first-order valence-corrected chi connectivity index (χ1v) is 6.34. The van der Waals surface area contributed by atoms with Crippen LogP contribution in [-0.2, 0) is 11.3 Å². The summed E-state index contributed by atoms with van der Waals surface area (Å²) in [7, 11) is 0. The Morgan fingerprint density at radius 1 is 1.56 bits per heavy atom. The fourth-order valence-corrected chi connectivity index (χ4v) is 2.81. The van der Waals surface area contributed by atoms with E-state index >= 15 is 0 Å². The fourth-order valence-electron chi connectivity index (χ4n) is 1.93. The van der Waals surface area contributed by atoms with Crippen LogP contribution in [0.15, 0.2) is 5.16 Å². The number of hydrogen-bond acceptors (Lipinski definition) is 5. The molecule has 16 heavy (non-hydrogen) atoms. The molecule has 2 aliphatic heterocycles. The first-order chi connectivity index (χ1) is 7.74. The van der Waals surface area contributed by atoms with Crippen molar-refractivity contribution in [2.24, 2.45) is 0 Å². The molecular weight excluding hydrogens is 226 g/mol. The summed E-state index contributed by atoms with van der Waals surface area (Å²) in [6.07, 6.45) is 0. The maximum Gasteiger partial charge on any atom is 0.236 e. The normalized spacial score (nSPS) is 28.9. The molecule has 0 aliphatic carbocycles. The molecule has 1 aromatic rings. The number of nitrogens with zero attached hydrogens (tertiary/aromatic N) is 3. The minimum Gasteiger partial charge on any atom is -0.353 e. The number of aromatic nitrogens is 3. The monoisotopic (exact) mass is 239 g/mol. The summed E-state index contributed by atoms with van der Waals surface area (Å²) in [6, 6.07) is -0.142. The van der Waals surface area contributed by atoms with E-state index in [4.69, 9.17) is 0 Å². The van der Waals surface area contributed by atoms with E-state index in [9.17, 15) is 4.79 Å². The van der Waals surface area contributed by atoms with Crippen molar-refractivity contribution in [3.63, 3.8) is 0 Å². The van der Waals surface area contributed by atoms with Gasteiger partial charge < -0.3 is 5.32 Å². The highest BCUT2D eigenvalue weighted by Gasteiger charge is 2.29. The van der Waals surface area contributed by atoms with Crippen molar-refractivity contribution in [3.8, 4) is 0 Å². The Kier molecular flexibility index (Phi) is 2.36. The zero-order chi connectivity index (χ0) is 11.1. The first kappa shape index (κ1) is 10.1. The van der Waals surface area contributed by atoms with Gasteiger partial charge in [0.2, 0.25) is 5.91 Å². The molecule has 3 rings (SSSR count). The number of piperazine rings is 1. The molecule has 1 saturated heterocycles. The van der Waals surface area contributed by atoms with Gasteiger partial charge in [-0.15, -0.1) is 0 Å². The topological polar surface area (TPSA) is 71.8 Å². The van der Waals surface area contributed by atoms with E-state index in [1.165, 1.54) is 0 Å². The first-order valence-electron chi connectivity index (χ1n) is 5.35. The van der Waals surface area contributed by atoms with E-state index in [1.54, 1.807) is 11.8 Å². The number of carbonyl (C=O) groups excluding carboxylic acids is 1. The molecule has 0 spiro atoms. The molecule has 0 bridgehead atoms. The van der Waals surface area contributed by atoms with Gasteiger partial charge >= 0.3 is 0 Å². The molecule has 0 saturated carbocycles. The van der Waals surface area contributed by atoms with Crippen molar-refractivity contribution < 1.29 is 4.79 Å². The van der Waals surface area contributed by atoms with Crippen LogP contribution in [0.5, 0.6) is 0 Å². The number of nitrogens with one attached hydrogen (secondary N) is 2. The van der Waals surface area contributed by atoms with Gasteiger partial charge in [0.25, 0.3) is 0 Å². The van der Waals surface area contributed by atoms with Gasteiger partial charge in [-0.3, -0.25) is 10.1 Å². The lowest BCUT2D eigenvalue weighted by atomic mass is 10.1. The molecule has 2 N–H and O–H groups in total. The van der Waals surface area contributed by atoms with Gasteiger partial charge in [0.1, 0.15) is 0 Å². The lowest BCUT2D eigenvalue weighted by Crippen LogP contribution is -2.53. The smallest absolute Gasteiger partial charge is 0.236 e. The molecule has 2 aliphatic rings. The van der Waals surface area contributed by atoms with Gasteiger partial charge in [0, 0.05) is 12.3 Å². The number of rotatable bonds is 1. The van der Waals surface area contributed by atoms with E-state index < -0.39 is 0 Å². The Balaban J connectivity index is 1.79. The van der Waals surface area contributed by atoms with Gasteiger partial charge in [-0.25, -0.2) is 9.67 Å². The molecule has 86 valence electrons. The van der Waals surface area contributed by atoms with Crippen LogP contribution >= 0.6 is 11.8 Å². The lowest BCUT2D eigenvalue weighted by molar-refractivity contribution is -0.124. The Morgan fingerprint density at radius 2 is 2.44 bits per heavy atom. The maximum absolute atomic E-state index is 11.3. The number of thioether (sulfide) groups is 1. The molecule has 0 aromatic carbocycles. The Labute approximate surface area is 97.2 Å². The van der Waals surface area contributed by atoms with Crippen LogP contribution < -0.4 is 10.6 Å². The van der Waals surface area contributed by atoms with E-state index in [0.29, 0.717) is 6.54 Å². The van der Waals surface area contributed by atoms with E-state index in [-0.39, 0.29) is 18.0 Å². The second kappa shape index (κ2) is 3.74. The second-order valence-electron chi connectivity index (χ2n) is 4.01. The summed E-state index contributed by atoms with van der Waals surface area (Å²) >= 11 is 1.73. The molecular formula is C9H13N5OS. The molecule has 7 heteroatoms. The SMILES string of the molecule is CC1NC(c2nc3n(n2)CCS3)CNC1=O. The molecule has 6 nitrogen and oxygen atoms in total. The number of carbonyl (C=O) groups is 1. The van der Waals surface area contributed by atoms with Crippen LogP contribution in [0.25, 0.3) is 0 Å². The van der Waals surface area contributed by atoms with Crippen LogP contribution in [0.2, 0.25) is 0 Å². The Hall–Kier alpha value is -1.08. The fraction of sp³-hybridized carbons (Fsp3) is 0.667. The highest BCUT2D eigenvalue weighted by atomic mass is 32.2. The summed E-state index contributed by atoms with van der Waals surface area (Å²) in [5.41, 5.74) is 0. The summed E-state index contributed by atoms with van der Waals surface area (Å²) in [6.45, 7) is 3.35. The van der Waals surface area contributed by atoms with Crippen molar-refractivity contribution in [2.45, 2.75) is 30.7 Å². The largest absolute Gasteiger partial charge is 0.353 e. The number of amides is 1. The summed E-state index contributed by atoms with van der Waals surface area (Å²) in [4.78, 5) is 15.8. The zero-order valence-electron chi connectivity index (χ0n) is 8.93. The van der Waals surface area contributed by atoms with Gasteiger partial charge in [-0.2, -0.15) is 5.10 Å². The molecule has 2 atom stereocenters. The van der Waals surface area contributed by atoms with Gasteiger partial charge in [-0.1, -0.05) is 11.8 Å². The highest BCUT2D eigenvalue weighted by molar-refractivity contribution is 7.99. The van der Waals surface area contributed by atoms with E-state index in [0.717, 1.165) is 23.3 Å². The summed E-state index contributed by atoms with van der Waals surface area (Å²) in [5.74, 6) is 1.88. The number of fused-ring (bicyclic) bond motifs is 1. The third-order valence-electron chi connectivity index (χ3n) is 2.82. The quantitative estimate of drug-likeness (QED) is 0.693. The lowest BCUT2D eigenvalue weighted by Gasteiger charge is -2.26. The van der Waals surface area contributed by atoms with Crippen LogP contribution in [-0.4, -0.2) is 39.0 Å². The van der Waals surface area contributed by atoms with Crippen LogP contribution in [0.3, 0.4) is 0 Å². The molecule has 3 heterocycles. The van der Waals surface area contributed by atoms with Gasteiger partial charge in [-0.05, 0) is 6.92 Å². The standard InChI is InChI=1S/C9H13N5OS/c1-5-8(15)10-4-6(11-5)7-12-9-14(13-7)2-3-16-9/h5-6,11H,2-4H2,1H3,(H,10,15). The average Bonchev–Trinajstić information content (AvgIpc) is 2.81. The predicted molar refractivity (Wildman–Crippen MR) is 59.1 cm³/mol. The maximum atomic E-state index is 11.3. The number of hydrogen-bond donors (Lipinski definition) is 2. The van der Waals surface area contributed by atoms with Gasteiger partial charge in [0.15, 0.2) is 11.0 Å². The van der Waals surface area contributed by atoms with Crippen LogP contribution in [0, 0.1) is 0 Å². The zero-order valence-corrected chi connectivity index (χ0v) is 9.75. The molecule has 0 radical (unpaired) electrons. The molecule has 1 fully saturated rings. The van der Waals surface area contributed by atoms with Crippen molar-refractivity contribution >= 4 is 17.7 Å². The van der Waals surface area contributed by atoms with E-state index in [1.807, 2.05) is 11.6 Å². The van der Waals surface area contributed by atoms with E-state index in [2.05, 4.69) is 20.7 Å². The molecule has 1 amide bonds. The average molecular weight is 239 g/mol. The number of aryl methyl sites for hydroxylation is 1. The van der Waals surface area contributed by atoms with Crippen molar-refractivity contribution in [1.82, 2.24) is 25.4 Å². The summed E-state index contributed by atoms with van der Waals surface area (Å²) in [5, 5.41) is 11.5. The third kappa shape index (κ3) is 1.60. The van der Waals surface area contributed by atoms with Crippen LogP contribution in [0.4, 0.5) is 0 Å². The minimum atomic E-state index is -0.176. The van der Waals surface area contributed by atoms with Crippen molar-refractivity contribution in [3.05, 3.63) is 5.82 Å². The van der Waals surface area contributed by atoms with Crippen LogP contribution in [0.1, 0.15) is 18.8 Å². The van der Waals surface area contributed by atoms with Gasteiger partial charge in [0.05, 0.1) is 18.6 Å².